The Morgan fingerprint density at radius 3 is 2.32 bits per heavy atom. The first-order chi connectivity index (χ1) is 17.9. The molecule has 8 nitrogen and oxygen atoms in total. The fraction of sp³-hybridized carbons (Fsp3) is 0.214. The van der Waals surface area contributed by atoms with Crippen LogP contribution >= 0.6 is 11.3 Å². The van der Waals surface area contributed by atoms with Crippen LogP contribution in [-0.2, 0) is 17.6 Å². The number of rotatable bonds is 9. The summed E-state index contributed by atoms with van der Waals surface area (Å²) in [6.07, 6.45) is 1.19. The van der Waals surface area contributed by atoms with Crippen LogP contribution in [0.4, 0.5) is 21.3 Å². The maximum atomic E-state index is 13.3. The van der Waals surface area contributed by atoms with E-state index in [0.29, 0.717) is 22.2 Å². The van der Waals surface area contributed by atoms with Gasteiger partial charge in [0, 0.05) is 37.5 Å². The number of aryl methyl sites for hydroxylation is 1. The van der Waals surface area contributed by atoms with E-state index in [0.717, 1.165) is 28.8 Å². The monoisotopic (exact) mass is 514 g/mol. The molecule has 37 heavy (non-hydrogen) atoms. The van der Waals surface area contributed by atoms with Gasteiger partial charge in [-0.15, -0.1) is 10.2 Å². The predicted octanol–water partition coefficient (Wildman–Crippen LogP) is 5.21. The average molecular weight is 515 g/mol. The van der Waals surface area contributed by atoms with Crippen molar-refractivity contribution in [2.45, 2.75) is 25.8 Å². The minimum atomic E-state index is -0.816. The third-order valence-corrected chi connectivity index (χ3v) is 6.67. The van der Waals surface area contributed by atoms with Crippen molar-refractivity contribution in [3.63, 3.8) is 0 Å². The molecule has 0 aliphatic heterocycles. The largest absolute Gasteiger partial charge is 0.378 e. The van der Waals surface area contributed by atoms with Gasteiger partial charge in [-0.2, -0.15) is 0 Å². The Bertz CT molecular complexity index is 1340. The van der Waals surface area contributed by atoms with Crippen molar-refractivity contribution in [2.75, 3.05) is 29.6 Å². The highest BCUT2D eigenvalue weighted by molar-refractivity contribution is 7.18. The van der Waals surface area contributed by atoms with Gasteiger partial charge in [0.05, 0.1) is 0 Å². The predicted molar refractivity (Wildman–Crippen MR) is 150 cm³/mol. The second-order valence-corrected chi connectivity index (χ2v) is 9.72. The van der Waals surface area contributed by atoms with Crippen LogP contribution < -0.4 is 20.9 Å². The number of urea groups is 1. The minimum Gasteiger partial charge on any atom is -0.378 e. The quantitative estimate of drug-likeness (QED) is 0.285. The first-order valence-electron chi connectivity index (χ1n) is 12.0. The highest BCUT2D eigenvalue weighted by Gasteiger charge is 2.23. The van der Waals surface area contributed by atoms with Gasteiger partial charge < -0.3 is 15.5 Å². The van der Waals surface area contributed by atoms with Crippen LogP contribution in [0, 0.1) is 0 Å². The van der Waals surface area contributed by atoms with Crippen LogP contribution in [0.25, 0.3) is 10.6 Å². The molecule has 0 spiro atoms. The third-order valence-electron chi connectivity index (χ3n) is 5.78. The van der Waals surface area contributed by atoms with E-state index in [1.165, 1.54) is 11.3 Å². The van der Waals surface area contributed by atoms with E-state index in [1.54, 1.807) is 0 Å². The molecule has 1 unspecified atom stereocenters. The second kappa shape index (κ2) is 12.1. The average Bonchev–Trinajstić information content (AvgIpc) is 3.37. The van der Waals surface area contributed by atoms with Crippen LogP contribution in [0.15, 0.2) is 78.9 Å². The summed E-state index contributed by atoms with van der Waals surface area (Å²) >= 11 is 1.28. The van der Waals surface area contributed by atoms with Gasteiger partial charge in [-0.05, 0) is 53.9 Å². The zero-order valence-corrected chi connectivity index (χ0v) is 21.9. The smallest absolute Gasteiger partial charge is 0.319 e. The summed E-state index contributed by atoms with van der Waals surface area (Å²) in [7, 11) is 3.96. The summed E-state index contributed by atoms with van der Waals surface area (Å²) in [5.41, 5.74) is 4.70. The van der Waals surface area contributed by atoms with Crippen LogP contribution in [-0.4, -0.2) is 42.3 Å². The molecule has 0 aliphatic rings. The number of anilines is 3. The summed E-state index contributed by atoms with van der Waals surface area (Å²) in [5, 5.41) is 17.9. The fourth-order valence-corrected chi connectivity index (χ4v) is 4.49. The normalized spacial score (nSPS) is 11.4. The van der Waals surface area contributed by atoms with Gasteiger partial charge in [0.1, 0.15) is 11.0 Å². The highest BCUT2D eigenvalue weighted by atomic mass is 32.1. The lowest BCUT2D eigenvalue weighted by atomic mass is 10.1. The van der Waals surface area contributed by atoms with Crippen LogP contribution in [0.1, 0.15) is 18.1 Å². The van der Waals surface area contributed by atoms with E-state index >= 15 is 0 Å². The summed E-state index contributed by atoms with van der Waals surface area (Å²) in [5.74, 6) is -0.369. The number of hydrogen-bond acceptors (Lipinski definition) is 6. The summed E-state index contributed by atoms with van der Waals surface area (Å²) in [6, 6.07) is 23.9. The van der Waals surface area contributed by atoms with Gasteiger partial charge >= 0.3 is 6.03 Å². The molecule has 0 bridgehead atoms. The molecule has 4 aromatic rings. The Labute approximate surface area is 220 Å². The molecular weight excluding hydrogens is 484 g/mol. The van der Waals surface area contributed by atoms with Crippen molar-refractivity contribution in [2.24, 2.45) is 0 Å². The van der Waals surface area contributed by atoms with Gasteiger partial charge in [0.25, 0.3) is 0 Å². The summed E-state index contributed by atoms with van der Waals surface area (Å²) in [4.78, 5) is 28.1. The highest BCUT2D eigenvalue weighted by Crippen LogP contribution is 2.28. The van der Waals surface area contributed by atoms with Crippen molar-refractivity contribution >= 4 is 39.8 Å². The van der Waals surface area contributed by atoms with E-state index in [2.05, 4.69) is 33.1 Å². The molecule has 0 saturated carbocycles. The SMILES string of the molecule is CCc1cccc(NC(=O)NC(Cc2ccccc2)C(=O)Nc2nnc(-c3ccc(N(C)C)cc3)s2)c1. The molecule has 0 saturated heterocycles. The zero-order chi connectivity index (χ0) is 26.2. The Morgan fingerprint density at radius 2 is 1.62 bits per heavy atom. The van der Waals surface area contributed by atoms with Crippen molar-refractivity contribution in [1.82, 2.24) is 15.5 Å². The van der Waals surface area contributed by atoms with Gasteiger partial charge in [0.15, 0.2) is 0 Å². The van der Waals surface area contributed by atoms with Gasteiger partial charge in [-0.25, -0.2) is 4.79 Å². The van der Waals surface area contributed by atoms with Crippen molar-refractivity contribution in [3.05, 3.63) is 90.0 Å². The van der Waals surface area contributed by atoms with E-state index in [4.69, 9.17) is 0 Å². The number of hydrogen-bond donors (Lipinski definition) is 3. The molecule has 190 valence electrons. The van der Waals surface area contributed by atoms with Crippen molar-refractivity contribution < 1.29 is 9.59 Å². The van der Waals surface area contributed by atoms with E-state index < -0.39 is 12.1 Å². The molecular formula is C28H30N6O2S. The molecule has 3 aromatic carbocycles. The van der Waals surface area contributed by atoms with Gasteiger partial charge in [0.2, 0.25) is 11.0 Å². The number of nitrogens with zero attached hydrogens (tertiary/aromatic N) is 3. The number of carbonyl (C=O) groups is 2. The third kappa shape index (κ3) is 7.14. The summed E-state index contributed by atoms with van der Waals surface area (Å²) < 4.78 is 0. The Morgan fingerprint density at radius 1 is 0.892 bits per heavy atom. The molecule has 4 rings (SSSR count). The van der Waals surface area contributed by atoms with Crippen molar-refractivity contribution in [3.8, 4) is 10.6 Å². The molecule has 3 N–H and O–H groups in total. The lowest BCUT2D eigenvalue weighted by molar-refractivity contribution is -0.117. The summed E-state index contributed by atoms with van der Waals surface area (Å²) in [6.45, 7) is 2.05. The van der Waals surface area contributed by atoms with E-state index in [1.807, 2.05) is 97.9 Å². The van der Waals surface area contributed by atoms with E-state index in [-0.39, 0.29) is 5.91 Å². The number of amides is 3. The first-order valence-corrected chi connectivity index (χ1v) is 12.9. The zero-order valence-electron chi connectivity index (χ0n) is 21.1. The second-order valence-electron chi connectivity index (χ2n) is 8.74. The van der Waals surface area contributed by atoms with Crippen LogP contribution in [0.5, 0.6) is 0 Å². The molecule has 3 amide bonds. The maximum Gasteiger partial charge on any atom is 0.319 e. The Hall–Kier alpha value is -4.24. The molecule has 1 atom stereocenters. The standard InChI is InChI=1S/C28H30N6O2S/c1-4-19-11-8-12-22(17-19)29-27(36)30-24(18-20-9-6-5-7-10-20)25(35)31-28-33-32-26(37-28)21-13-15-23(16-14-21)34(2)3/h5-17,24H,4,18H2,1-3H3,(H2,29,30,36)(H,31,33,35). The molecule has 0 fully saturated rings. The first kappa shape index (κ1) is 25.8. The number of aromatic nitrogens is 2. The number of nitrogens with one attached hydrogen (secondary N) is 3. The lowest BCUT2D eigenvalue weighted by Crippen LogP contribution is -2.46. The lowest BCUT2D eigenvalue weighted by Gasteiger charge is -2.18. The van der Waals surface area contributed by atoms with Gasteiger partial charge in [-0.1, -0.05) is 60.7 Å². The number of benzene rings is 3. The van der Waals surface area contributed by atoms with Gasteiger partial charge in [-0.3, -0.25) is 10.1 Å². The minimum absolute atomic E-state index is 0.326. The molecule has 0 aliphatic carbocycles. The molecule has 1 heterocycles. The van der Waals surface area contributed by atoms with Crippen LogP contribution in [0.3, 0.4) is 0 Å². The Balaban J connectivity index is 1.46. The maximum absolute atomic E-state index is 13.3. The molecule has 9 heteroatoms. The van der Waals surface area contributed by atoms with E-state index in [9.17, 15) is 9.59 Å². The number of carbonyl (C=O) groups excluding carboxylic acids is 2. The van der Waals surface area contributed by atoms with Crippen molar-refractivity contribution in [1.29, 1.82) is 0 Å². The topological polar surface area (TPSA) is 99.2 Å². The molecule has 1 aromatic heterocycles. The Kier molecular flexibility index (Phi) is 8.48. The van der Waals surface area contributed by atoms with Crippen LogP contribution in [0.2, 0.25) is 0 Å². The molecule has 0 radical (unpaired) electrons. The fourth-order valence-electron chi connectivity index (χ4n) is 3.74.